The molecule has 2 aromatic rings. The molecule has 5 heteroatoms. The first kappa shape index (κ1) is 17.7. The molecule has 1 unspecified atom stereocenters. The molecule has 0 aliphatic carbocycles. The SMILES string of the molecule is CCC(NCc1cccnc1N1CCN(C)CC1)c1ccccc1O. The molecular formula is C20H28N4O. The molecule has 0 bridgehead atoms. The Kier molecular flexibility index (Phi) is 5.89. The second-order valence-corrected chi connectivity index (χ2v) is 6.68. The van der Waals surface area contributed by atoms with Crippen molar-refractivity contribution in [3.05, 3.63) is 53.7 Å². The Morgan fingerprint density at radius 2 is 1.88 bits per heavy atom. The zero-order chi connectivity index (χ0) is 17.6. The van der Waals surface area contributed by atoms with Gasteiger partial charge in [-0.25, -0.2) is 4.98 Å². The van der Waals surface area contributed by atoms with Gasteiger partial charge >= 0.3 is 0 Å². The molecule has 3 rings (SSSR count). The van der Waals surface area contributed by atoms with Crippen molar-refractivity contribution in [2.75, 3.05) is 38.1 Å². The molecule has 1 aromatic heterocycles. The third kappa shape index (κ3) is 4.30. The van der Waals surface area contributed by atoms with Crippen LogP contribution in [0.15, 0.2) is 42.6 Å². The molecule has 25 heavy (non-hydrogen) atoms. The topological polar surface area (TPSA) is 51.6 Å². The van der Waals surface area contributed by atoms with E-state index in [4.69, 9.17) is 0 Å². The second kappa shape index (κ2) is 8.32. The number of nitrogens with one attached hydrogen (secondary N) is 1. The Labute approximate surface area is 150 Å². The molecule has 2 heterocycles. The zero-order valence-electron chi connectivity index (χ0n) is 15.2. The summed E-state index contributed by atoms with van der Waals surface area (Å²) >= 11 is 0. The van der Waals surface area contributed by atoms with Crippen LogP contribution in [0.25, 0.3) is 0 Å². The molecule has 0 saturated carbocycles. The van der Waals surface area contributed by atoms with E-state index in [2.05, 4.69) is 40.1 Å². The minimum absolute atomic E-state index is 0.127. The van der Waals surface area contributed by atoms with Crippen molar-refractivity contribution in [1.29, 1.82) is 0 Å². The normalized spacial score (nSPS) is 16.8. The van der Waals surface area contributed by atoms with Crippen LogP contribution < -0.4 is 10.2 Å². The van der Waals surface area contributed by atoms with Crippen LogP contribution in [0.1, 0.15) is 30.5 Å². The van der Waals surface area contributed by atoms with Crippen LogP contribution in [0, 0.1) is 0 Å². The number of likely N-dealkylation sites (N-methyl/N-ethyl adjacent to an activating group) is 1. The van der Waals surface area contributed by atoms with Crippen molar-refractivity contribution in [1.82, 2.24) is 15.2 Å². The summed E-state index contributed by atoms with van der Waals surface area (Å²) in [5.41, 5.74) is 2.16. The number of anilines is 1. The van der Waals surface area contributed by atoms with Crippen molar-refractivity contribution in [3.63, 3.8) is 0 Å². The summed E-state index contributed by atoms with van der Waals surface area (Å²) < 4.78 is 0. The largest absolute Gasteiger partial charge is 0.508 e. The Balaban J connectivity index is 1.71. The first-order chi connectivity index (χ1) is 12.2. The number of phenols is 1. The maximum absolute atomic E-state index is 10.1. The van der Waals surface area contributed by atoms with E-state index in [1.54, 1.807) is 6.07 Å². The minimum Gasteiger partial charge on any atom is -0.508 e. The van der Waals surface area contributed by atoms with Gasteiger partial charge in [-0.2, -0.15) is 0 Å². The van der Waals surface area contributed by atoms with Crippen LogP contribution in [0.2, 0.25) is 0 Å². The summed E-state index contributed by atoms with van der Waals surface area (Å²) in [5.74, 6) is 1.43. The standard InChI is InChI=1S/C20H28N4O/c1-3-18(17-8-4-5-9-19(17)25)22-15-16-7-6-10-21-20(16)24-13-11-23(2)12-14-24/h4-10,18,22,25H,3,11-15H2,1-2H3. The highest BCUT2D eigenvalue weighted by Crippen LogP contribution is 2.27. The number of nitrogens with zero attached hydrogens (tertiary/aromatic N) is 3. The first-order valence-corrected chi connectivity index (χ1v) is 9.07. The number of benzene rings is 1. The van der Waals surface area contributed by atoms with Crippen molar-refractivity contribution >= 4 is 5.82 Å². The second-order valence-electron chi connectivity index (χ2n) is 6.68. The van der Waals surface area contributed by atoms with Gasteiger partial charge in [-0.3, -0.25) is 0 Å². The molecule has 0 amide bonds. The number of aromatic hydroxyl groups is 1. The van der Waals surface area contributed by atoms with Crippen LogP contribution in [0.5, 0.6) is 5.75 Å². The number of para-hydroxylation sites is 1. The van der Waals surface area contributed by atoms with E-state index in [1.165, 1.54) is 5.56 Å². The molecule has 1 aliphatic rings. The summed E-state index contributed by atoms with van der Waals surface area (Å²) in [6.07, 6.45) is 2.79. The lowest BCUT2D eigenvalue weighted by Crippen LogP contribution is -2.45. The summed E-state index contributed by atoms with van der Waals surface area (Å²) in [7, 11) is 2.16. The molecule has 0 radical (unpaired) electrons. The van der Waals surface area contributed by atoms with Gasteiger partial charge in [-0.1, -0.05) is 31.2 Å². The van der Waals surface area contributed by atoms with Gasteiger partial charge in [0.1, 0.15) is 11.6 Å². The molecule has 1 aromatic carbocycles. The highest BCUT2D eigenvalue weighted by molar-refractivity contribution is 5.47. The van der Waals surface area contributed by atoms with E-state index in [0.717, 1.165) is 50.5 Å². The highest BCUT2D eigenvalue weighted by Gasteiger charge is 2.19. The van der Waals surface area contributed by atoms with Gasteiger partial charge in [-0.05, 0) is 25.6 Å². The van der Waals surface area contributed by atoms with Gasteiger partial charge in [0, 0.05) is 56.1 Å². The van der Waals surface area contributed by atoms with Crippen molar-refractivity contribution in [2.45, 2.75) is 25.9 Å². The van der Waals surface area contributed by atoms with E-state index in [-0.39, 0.29) is 6.04 Å². The average molecular weight is 340 g/mol. The van der Waals surface area contributed by atoms with Crippen LogP contribution in [0.3, 0.4) is 0 Å². The minimum atomic E-state index is 0.127. The zero-order valence-corrected chi connectivity index (χ0v) is 15.2. The van der Waals surface area contributed by atoms with Crippen LogP contribution >= 0.6 is 0 Å². The van der Waals surface area contributed by atoms with Gasteiger partial charge in [0.25, 0.3) is 0 Å². The molecule has 1 atom stereocenters. The predicted molar refractivity (Wildman–Crippen MR) is 102 cm³/mol. The van der Waals surface area contributed by atoms with Gasteiger partial charge in [-0.15, -0.1) is 0 Å². The van der Waals surface area contributed by atoms with Crippen LogP contribution in [-0.4, -0.2) is 48.2 Å². The summed E-state index contributed by atoms with van der Waals surface area (Å²) in [5, 5.41) is 13.7. The predicted octanol–water partition coefficient (Wildman–Crippen LogP) is 2.78. The molecule has 1 aliphatic heterocycles. The van der Waals surface area contributed by atoms with E-state index < -0.39 is 0 Å². The smallest absolute Gasteiger partial charge is 0.133 e. The Hall–Kier alpha value is -2.11. The van der Waals surface area contributed by atoms with Crippen molar-refractivity contribution < 1.29 is 5.11 Å². The first-order valence-electron chi connectivity index (χ1n) is 9.07. The lowest BCUT2D eigenvalue weighted by molar-refractivity contribution is 0.311. The highest BCUT2D eigenvalue weighted by atomic mass is 16.3. The van der Waals surface area contributed by atoms with Crippen LogP contribution in [0.4, 0.5) is 5.82 Å². The fourth-order valence-electron chi connectivity index (χ4n) is 3.36. The monoisotopic (exact) mass is 340 g/mol. The Morgan fingerprint density at radius 3 is 2.60 bits per heavy atom. The fraction of sp³-hybridized carbons (Fsp3) is 0.450. The summed E-state index contributed by atoms with van der Waals surface area (Å²) in [4.78, 5) is 9.36. The van der Waals surface area contributed by atoms with E-state index in [9.17, 15) is 5.11 Å². The number of hydrogen-bond donors (Lipinski definition) is 2. The van der Waals surface area contributed by atoms with Gasteiger partial charge in [0.05, 0.1) is 0 Å². The van der Waals surface area contributed by atoms with Crippen LogP contribution in [-0.2, 0) is 6.54 Å². The molecule has 0 spiro atoms. The quantitative estimate of drug-likeness (QED) is 0.847. The molecule has 134 valence electrons. The maximum atomic E-state index is 10.1. The van der Waals surface area contributed by atoms with Crippen molar-refractivity contribution in [3.8, 4) is 5.75 Å². The van der Waals surface area contributed by atoms with Crippen molar-refractivity contribution in [2.24, 2.45) is 0 Å². The molecule has 1 fully saturated rings. The third-order valence-corrected chi connectivity index (χ3v) is 4.93. The fourth-order valence-corrected chi connectivity index (χ4v) is 3.36. The number of piperazine rings is 1. The number of pyridine rings is 1. The van der Waals surface area contributed by atoms with E-state index in [1.807, 2.05) is 30.5 Å². The lowest BCUT2D eigenvalue weighted by Gasteiger charge is -2.34. The molecular weight excluding hydrogens is 312 g/mol. The van der Waals surface area contributed by atoms with Gasteiger partial charge < -0.3 is 20.2 Å². The molecule has 5 nitrogen and oxygen atoms in total. The van der Waals surface area contributed by atoms with E-state index >= 15 is 0 Å². The lowest BCUT2D eigenvalue weighted by atomic mass is 10.0. The van der Waals surface area contributed by atoms with Gasteiger partial charge in [0.15, 0.2) is 0 Å². The molecule has 2 N–H and O–H groups in total. The van der Waals surface area contributed by atoms with Gasteiger partial charge in [0.2, 0.25) is 0 Å². The summed E-state index contributed by atoms with van der Waals surface area (Å²) in [6, 6.07) is 11.8. The third-order valence-electron chi connectivity index (χ3n) is 4.93. The Morgan fingerprint density at radius 1 is 1.12 bits per heavy atom. The maximum Gasteiger partial charge on any atom is 0.133 e. The summed E-state index contributed by atoms with van der Waals surface area (Å²) in [6.45, 7) is 7.03. The average Bonchev–Trinajstić information content (AvgIpc) is 2.64. The Bertz CT molecular complexity index is 683. The number of hydrogen-bond acceptors (Lipinski definition) is 5. The molecule has 1 saturated heterocycles. The number of phenolic OH excluding ortho intramolecular Hbond substituents is 1. The number of aromatic nitrogens is 1. The number of rotatable bonds is 6. The van der Waals surface area contributed by atoms with E-state index in [0.29, 0.717) is 5.75 Å².